The van der Waals surface area contributed by atoms with Gasteiger partial charge in [-0.3, -0.25) is 4.79 Å². The Morgan fingerprint density at radius 3 is 0.818 bits per heavy atom. The molecule has 0 aromatic heterocycles. The Kier molecular flexibility index (Phi) is 45.5. The summed E-state index contributed by atoms with van der Waals surface area (Å²) >= 11 is 0. The van der Waals surface area contributed by atoms with Gasteiger partial charge in [-0.25, -0.2) is 0 Å². The predicted octanol–water partition coefficient (Wildman–Crippen LogP) is 15.0. The number of aliphatic hydroxyl groups is 3. The molecule has 4 N–H and O–H groups in total. The zero-order chi connectivity index (χ0) is 40.1. The molecule has 3 unspecified atom stereocenters. The molecule has 1 amide bonds. The van der Waals surface area contributed by atoms with Crippen molar-refractivity contribution >= 4 is 5.91 Å². The van der Waals surface area contributed by atoms with Gasteiger partial charge in [0.1, 0.15) is 6.10 Å². The molecule has 0 aliphatic heterocycles. The van der Waals surface area contributed by atoms with Crippen LogP contribution in [-0.4, -0.2) is 46.1 Å². The van der Waals surface area contributed by atoms with E-state index in [1.807, 2.05) is 0 Å². The molecule has 5 nitrogen and oxygen atoms in total. The molecule has 3 atom stereocenters. The molecule has 0 heterocycles. The van der Waals surface area contributed by atoms with Crippen LogP contribution in [0.4, 0.5) is 0 Å². The highest BCUT2D eigenvalue weighted by atomic mass is 16.3. The minimum Gasteiger partial charge on any atom is -0.394 e. The minimum atomic E-state index is -1.07. The first-order valence-corrected chi connectivity index (χ1v) is 25.3. The summed E-state index contributed by atoms with van der Waals surface area (Å²) < 4.78 is 0. The summed E-state index contributed by atoms with van der Waals surface area (Å²) in [6.45, 7) is 4.27. The van der Waals surface area contributed by atoms with E-state index in [4.69, 9.17) is 0 Å². The second-order valence-corrected chi connectivity index (χ2v) is 17.7. The van der Waals surface area contributed by atoms with Crippen molar-refractivity contribution < 1.29 is 20.1 Å². The van der Waals surface area contributed by atoms with Crippen molar-refractivity contribution in [2.24, 2.45) is 0 Å². The van der Waals surface area contributed by atoms with Gasteiger partial charge < -0.3 is 20.6 Å². The fourth-order valence-corrected chi connectivity index (χ4v) is 8.25. The summed E-state index contributed by atoms with van der Waals surface area (Å²) in [5, 5.41) is 33.4. The number of hydrogen-bond donors (Lipinski definition) is 4. The monoisotopic (exact) mass is 780 g/mol. The Hall–Kier alpha value is -0.650. The van der Waals surface area contributed by atoms with Gasteiger partial charge in [0.2, 0.25) is 5.91 Å². The number of carbonyl (C=O) groups excluding carboxylic acids is 1. The molecule has 0 aliphatic rings. The second kappa shape index (κ2) is 46.0. The van der Waals surface area contributed by atoms with Crippen LogP contribution in [0.25, 0.3) is 0 Å². The Bertz CT molecular complexity index is 733. The topological polar surface area (TPSA) is 89.8 Å². The van der Waals surface area contributed by atoms with Crippen LogP contribution in [0.2, 0.25) is 0 Å². The summed E-state index contributed by atoms with van der Waals surface area (Å²) in [5.41, 5.74) is 0. The Morgan fingerprint density at radius 1 is 0.364 bits per heavy atom. The Balaban J connectivity index is 3.52. The van der Waals surface area contributed by atoms with Gasteiger partial charge in [0, 0.05) is 0 Å². The van der Waals surface area contributed by atoms with Crippen molar-refractivity contribution in [1.82, 2.24) is 5.32 Å². The number of rotatable bonds is 47. The van der Waals surface area contributed by atoms with E-state index in [0.29, 0.717) is 12.8 Å². The lowest BCUT2D eigenvalue weighted by Crippen LogP contribution is -2.49. The predicted molar refractivity (Wildman–Crippen MR) is 241 cm³/mol. The molecule has 0 aromatic carbocycles. The summed E-state index contributed by atoms with van der Waals surface area (Å²) in [6, 6.07) is -0.706. The molecular weight excluding hydrogens is 679 g/mol. The third-order valence-corrected chi connectivity index (χ3v) is 12.2. The first-order chi connectivity index (χ1) is 27.1. The van der Waals surface area contributed by atoms with E-state index in [1.54, 1.807) is 0 Å². The second-order valence-electron chi connectivity index (χ2n) is 17.7. The van der Waals surface area contributed by atoms with Crippen molar-refractivity contribution in [2.75, 3.05) is 6.61 Å². The third-order valence-electron chi connectivity index (χ3n) is 12.2. The molecule has 0 aromatic rings. The van der Waals surface area contributed by atoms with Gasteiger partial charge in [-0.15, -0.1) is 0 Å². The average Bonchev–Trinajstić information content (AvgIpc) is 3.19. The SMILES string of the molecule is CCCCCCCCCCCCCCCCCCCCCCCCCCC(O)C(CO)NC(=O)C(O)CCCCCCCCCCCCCCCCCCC. The van der Waals surface area contributed by atoms with Crippen molar-refractivity contribution in [3.63, 3.8) is 0 Å². The first-order valence-electron chi connectivity index (χ1n) is 25.3. The van der Waals surface area contributed by atoms with E-state index in [0.717, 1.165) is 32.1 Å². The largest absolute Gasteiger partial charge is 0.394 e. The number of amides is 1. The summed E-state index contributed by atoms with van der Waals surface area (Å²) in [5.74, 6) is -0.464. The molecule has 0 fully saturated rings. The molecule has 0 saturated carbocycles. The number of aliphatic hydroxyl groups excluding tert-OH is 3. The summed E-state index contributed by atoms with van der Waals surface area (Å²) in [7, 11) is 0. The maximum absolute atomic E-state index is 12.5. The van der Waals surface area contributed by atoms with Gasteiger partial charge in [-0.2, -0.15) is 0 Å². The van der Waals surface area contributed by atoms with E-state index >= 15 is 0 Å². The fourth-order valence-electron chi connectivity index (χ4n) is 8.25. The van der Waals surface area contributed by atoms with Crippen LogP contribution in [0.5, 0.6) is 0 Å². The number of nitrogens with one attached hydrogen (secondary N) is 1. The maximum Gasteiger partial charge on any atom is 0.249 e. The molecule has 0 bridgehead atoms. The van der Waals surface area contributed by atoms with Gasteiger partial charge in [-0.05, 0) is 12.8 Å². The number of hydrogen-bond acceptors (Lipinski definition) is 4. The molecule has 55 heavy (non-hydrogen) atoms. The molecule has 0 rings (SSSR count). The molecule has 0 saturated heterocycles. The lowest BCUT2D eigenvalue weighted by atomic mass is 10.0. The smallest absolute Gasteiger partial charge is 0.249 e. The quantitative estimate of drug-likeness (QED) is 0.0463. The fraction of sp³-hybridized carbons (Fsp3) is 0.980. The van der Waals surface area contributed by atoms with E-state index in [-0.39, 0.29) is 6.61 Å². The number of unbranched alkanes of at least 4 members (excludes halogenated alkanes) is 39. The van der Waals surface area contributed by atoms with Gasteiger partial charge in [0.25, 0.3) is 0 Å². The van der Waals surface area contributed by atoms with Crippen molar-refractivity contribution in [1.29, 1.82) is 0 Å². The van der Waals surface area contributed by atoms with Crippen molar-refractivity contribution in [3.05, 3.63) is 0 Å². The lowest BCUT2D eigenvalue weighted by Gasteiger charge is -2.23. The number of carbonyl (C=O) groups is 1. The van der Waals surface area contributed by atoms with Gasteiger partial charge >= 0.3 is 0 Å². The van der Waals surface area contributed by atoms with Gasteiger partial charge in [0.05, 0.1) is 18.8 Å². The van der Waals surface area contributed by atoms with Gasteiger partial charge in [0.15, 0.2) is 0 Å². The zero-order valence-electron chi connectivity index (χ0n) is 37.6. The Morgan fingerprint density at radius 2 is 0.582 bits per heavy atom. The highest BCUT2D eigenvalue weighted by Crippen LogP contribution is 2.18. The average molecular weight is 780 g/mol. The Labute approximate surface area is 345 Å². The van der Waals surface area contributed by atoms with E-state index < -0.39 is 24.2 Å². The maximum atomic E-state index is 12.5. The molecular formula is C50H101NO4. The summed E-state index contributed by atoms with van der Waals surface area (Å²) in [4.78, 5) is 12.5. The molecule has 0 aliphatic carbocycles. The first kappa shape index (κ1) is 54.3. The van der Waals surface area contributed by atoms with Crippen LogP contribution in [0.1, 0.15) is 290 Å². The highest BCUT2D eigenvalue weighted by molar-refractivity contribution is 5.80. The van der Waals surface area contributed by atoms with Crippen LogP contribution in [-0.2, 0) is 4.79 Å². The highest BCUT2D eigenvalue weighted by Gasteiger charge is 2.23. The van der Waals surface area contributed by atoms with Crippen LogP contribution < -0.4 is 5.32 Å². The van der Waals surface area contributed by atoms with E-state index in [2.05, 4.69) is 19.2 Å². The van der Waals surface area contributed by atoms with Crippen LogP contribution >= 0.6 is 0 Å². The molecule has 330 valence electrons. The standard InChI is InChI=1S/C50H101NO4/c1-3-5-7-9-11-13-15-17-19-21-22-23-24-25-26-27-29-30-32-34-36-38-40-42-44-48(53)47(46-52)51-50(55)49(54)45-43-41-39-37-35-33-31-28-20-18-16-14-12-10-8-6-4-2/h47-49,52-54H,3-46H2,1-2H3,(H,51,55). The summed E-state index contributed by atoms with van der Waals surface area (Å²) in [6.07, 6.45) is 54.1. The van der Waals surface area contributed by atoms with Crippen LogP contribution in [0.15, 0.2) is 0 Å². The van der Waals surface area contributed by atoms with E-state index in [1.165, 1.54) is 231 Å². The normalized spacial score (nSPS) is 13.3. The minimum absolute atomic E-state index is 0.307. The van der Waals surface area contributed by atoms with Crippen LogP contribution in [0, 0.1) is 0 Å². The third kappa shape index (κ3) is 41.3. The zero-order valence-corrected chi connectivity index (χ0v) is 37.6. The van der Waals surface area contributed by atoms with E-state index in [9.17, 15) is 20.1 Å². The van der Waals surface area contributed by atoms with Crippen LogP contribution in [0.3, 0.4) is 0 Å². The van der Waals surface area contributed by atoms with Crippen molar-refractivity contribution in [2.45, 2.75) is 308 Å². The molecule has 0 spiro atoms. The molecule has 5 heteroatoms. The van der Waals surface area contributed by atoms with Crippen molar-refractivity contribution in [3.8, 4) is 0 Å². The van der Waals surface area contributed by atoms with Gasteiger partial charge in [-0.1, -0.05) is 277 Å². The molecule has 0 radical (unpaired) electrons. The lowest BCUT2D eigenvalue weighted by molar-refractivity contribution is -0.131.